The van der Waals surface area contributed by atoms with Crippen molar-refractivity contribution in [2.24, 2.45) is 0 Å². The average Bonchev–Trinajstić information content (AvgIpc) is 3.28. The Labute approximate surface area is 169 Å². The van der Waals surface area contributed by atoms with Gasteiger partial charge in [0.1, 0.15) is 12.4 Å². The Kier molecular flexibility index (Phi) is 7.59. The molecule has 0 N–H and O–H groups in total. The van der Waals surface area contributed by atoms with Crippen LogP contribution < -0.4 is 9.64 Å². The van der Waals surface area contributed by atoms with Crippen LogP contribution in [0, 0.1) is 0 Å². The Morgan fingerprint density at radius 2 is 1.90 bits per heavy atom. The zero-order valence-corrected chi connectivity index (χ0v) is 16.3. The summed E-state index contributed by atoms with van der Waals surface area (Å²) in [6.45, 7) is 1.51. The van der Waals surface area contributed by atoms with Crippen molar-refractivity contribution >= 4 is 11.8 Å². The normalized spacial score (nSPS) is 10.5. The summed E-state index contributed by atoms with van der Waals surface area (Å²) >= 11 is 0. The number of ether oxygens (including phenoxy) is 3. The summed E-state index contributed by atoms with van der Waals surface area (Å²) in [5.41, 5.74) is 1.66. The van der Waals surface area contributed by atoms with Crippen LogP contribution in [-0.4, -0.2) is 41.5 Å². The van der Waals surface area contributed by atoms with Gasteiger partial charge >= 0.3 is 6.09 Å². The molecule has 0 saturated carbocycles. The minimum Gasteiger partial charge on any atom is -0.468 e. The highest BCUT2D eigenvalue weighted by Gasteiger charge is 2.17. The Morgan fingerprint density at radius 3 is 2.59 bits per heavy atom. The van der Waals surface area contributed by atoms with Crippen molar-refractivity contribution in [3.8, 4) is 5.75 Å². The molecule has 0 fully saturated rings. The number of benzene rings is 2. The number of aromatic nitrogens is 3. The summed E-state index contributed by atoms with van der Waals surface area (Å²) < 4.78 is 17.6. The van der Waals surface area contributed by atoms with Gasteiger partial charge in [-0.1, -0.05) is 35.5 Å². The first-order valence-corrected chi connectivity index (χ1v) is 9.30. The van der Waals surface area contributed by atoms with Crippen LogP contribution in [-0.2, 0) is 22.6 Å². The van der Waals surface area contributed by atoms with Crippen molar-refractivity contribution in [2.75, 3.05) is 25.3 Å². The molecule has 1 aromatic heterocycles. The van der Waals surface area contributed by atoms with Crippen molar-refractivity contribution in [1.82, 2.24) is 15.0 Å². The lowest BCUT2D eigenvalue weighted by Crippen LogP contribution is -2.33. The van der Waals surface area contributed by atoms with E-state index >= 15 is 0 Å². The van der Waals surface area contributed by atoms with E-state index in [0.717, 1.165) is 11.3 Å². The number of aryl methyl sites for hydroxylation is 1. The minimum absolute atomic E-state index is 0.167. The van der Waals surface area contributed by atoms with E-state index in [1.165, 1.54) is 0 Å². The van der Waals surface area contributed by atoms with Gasteiger partial charge < -0.3 is 14.2 Å². The molecule has 0 aliphatic heterocycles. The summed E-state index contributed by atoms with van der Waals surface area (Å²) in [6, 6.07) is 16.8. The fraction of sp³-hybridized carbons (Fsp3) is 0.286. The molecule has 2 aromatic carbocycles. The predicted octanol–water partition coefficient (Wildman–Crippen LogP) is 3.49. The van der Waals surface area contributed by atoms with E-state index in [1.54, 1.807) is 41.2 Å². The molecule has 3 rings (SSSR count). The SMILES string of the molecule is COCOc1ccc(N(CCCn2ccnn2)C(=O)OCc2ccccc2)cc1. The van der Waals surface area contributed by atoms with Gasteiger partial charge in [-0.25, -0.2) is 4.79 Å². The topological polar surface area (TPSA) is 78.7 Å². The number of carbonyl (C=O) groups excluding carboxylic acids is 1. The van der Waals surface area contributed by atoms with Gasteiger partial charge in [-0.2, -0.15) is 0 Å². The molecule has 0 bridgehead atoms. The van der Waals surface area contributed by atoms with Crippen LogP contribution in [0.5, 0.6) is 5.75 Å². The summed E-state index contributed by atoms with van der Waals surface area (Å²) in [7, 11) is 1.56. The van der Waals surface area contributed by atoms with Gasteiger partial charge in [-0.3, -0.25) is 9.58 Å². The Bertz CT molecular complexity index is 854. The van der Waals surface area contributed by atoms with Crippen LogP contribution in [0.25, 0.3) is 0 Å². The third kappa shape index (κ3) is 6.32. The number of nitrogens with zero attached hydrogens (tertiary/aromatic N) is 4. The second-order valence-corrected chi connectivity index (χ2v) is 6.26. The summed E-state index contributed by atoms with van der Waals surface area (Å²) in [4.78, 5) is 14.4. The first-order valence-electron chi connectivity index (χ1n) is 9.30. The van der Waals surface area contributed by atoms with Crippen molar-refractivity contribution in [3.63, 3.8) is 0 Å². The molecule has 1 amide bonds. The fourth-order valence-corrected chi connectivity index (χ4v) is 2.72. The molecule has 1 heterocycles. The summed E-state index contributed by atoms with van der Waals surface area (Å²) in [5.74, 6) is 0.663. The molecule has 0 saturated heterocycles. The molecule has 8 nitrogen and oxygen atoms in total. The third-order valence-electron chi connectivity index (χ3n) is 4.16. The average molecular weight is 396 g/mol. The number of amides is 1. The van der Waals surface area contributed by atoms with Crippen LogP contribution in [0.2, 0.25) is 0 Å². The molecule has 0 radical (unpaired) electrons. The highest BCUT2D eigenvalue weighted by Crippen LogP contribution is 2.21. The standard InChI is InChI=1S/C21H24N4O4/c1-27-17-29-20-10-8-19(9-11-20)25(14-5-13-24-15-12-22-23-24)21(26)28-16-18-6-3-2-4-7-18/h2-4,6-12,15H,5,13-14,16-17H2,1H3. The molecule has 0 atom stereocenters. The predicted molar refractivity (Wildman–Crippen MR) is 108 cm³/mol. The first kappa shape index (κ1) is 20.3. The lowest BCUT2D eigenvalue weighted by Gasteiger charge is -2.22. The van der Waals surface area contributed by atoms with E-state index in [9.17, 15) is 4.79 Å². The molecular formula is C21H24N4O4. The molecular weight excluding hydrogens is 372 g/mol. The second kappa shape index (κ2) is 10.8. The van der Waals surface area contributed by atoms with Crippen LogP contribution in [0.4, 0.5) is 10.5 Å². The highest BCUT2D eigenvalue weighted by molar-refractivity contribution is 5.87. The van der Waals surface area contributed by atoms with E-state index in [2.05, 4.69) is 10.3 Å². The van der Waals surface area contributed by atoms with Gasteiger partial charge in [0.15, 0.2) is 6.79 Å². The van der Waals surface area contributed by atoms with E-state index in [4.69, 9.17) is 14.2 Å². The fourth-order valence-electron chi connectivity index (χ4n) is 2.72. The lowest BCUT2D eigenvalue weighted by atomic mass is 10.2. The number of anilines is 1. The Morgan fingerprint density at radius 1 is 1.10 bits per heavy atom. The van der Waals surface area contributed by atoms with Gasteiger partial charge in [-0.05, 0) is 36.2 Å². The van der Waals surface area contributed by atoms with Gasteiger partial charge in [-0.15, -0.1) is 5.10 Å². The number of carbonyl (C=O) groups is 1. The smallest absolute Gasteiger partial charge is 0.414 e. The van der Waals surface area contributed by atoms with Gasteiger partial charge in [0.25, 0.3) is 0 Å². The lowest BCUT2D eigenvalue weighted by molar-refractivity contribution is 0.0511. The quantitative estimate of drug-likeness (QED) is 0.488. The van der Waals surface area contributed by atoms with Crippen molar-refractivity contribution in [1.29, 1.82) is 0 Å². The number of rotatable bonds is 10. The van der Waals surface area contributed by atoms with Gasteiger partial charge in [0, 0.05) is 32.1 Å². The zero-order chi connectivity index (χ0) is 20.3. The van der Waals surface area contributed by atoms with Crippen LogP contribution in [0.1, 0.15) is 12.0 Å². The van der Waals surface area contributed by atoms with E-state index in [-0.39, 0.29) is 13.4 Å². The monoisotopic (exact) mass is 396 g/mol. The van der Waals surface area contributed by atoms with E-state index < -0.39 is 6.09 Å². The summed E-state index contributed by atoms with van der Waals surface area (Å²) in [6.07, 6.45) is 3.72. The van der Waals surface area contributed by atoms with Crippen molar-refractivity contribution < 1.29 is 19.0 Å². The molecule has 0 spiro atoms. The zero-order valence-electron chi connectivity index (χ0n) is 16.3. The molecule has 152 valence electrons. The number of hydrogen-bond acceptors (Lipinski definition) is 6. The maximum Gasteiger partial charge on any atom is 0.414 e. The van der Waals surface area contributed by atoms with Gasteiger partial charge in [0.2, 0.25) is 0 Å². The summed E-state index contributed by atoms with van der Waals surface area (Å²) in [5, 5.41) is 7.74. The van der Waals surface area contributed by atoms with Crippen LogP contribution in [0.15, 0.2) is 67.0 Å². The molecule has 29 heavy (non-hydrogen) atoms. The number of hydrogen-bond donors (Lipinski definition) is 0. The van der Waals surface area contributed by atoms with E-state index in [0.29, 0.717) is 25.3 Å². The Balaban J connectivity index is 1.65. The molecule has 0 unspecified atom stereocenters. The maximum absolute atomic E-state index is 12.8. The molecule has 8 heteroatoms. The van der Waals surface area contributed by atoms with Crippen molar-refractivity contribution in [2.45, 2.75) is 19.6 Å². The minimum atomic E-state index is -0.405. The van der Waals surface area contributed by atoms with Crippen LogP contribution >= 0.6 is 0 Å². The highest BCUT2D eigenvalue weighted by atomic mass is 16.7. The molecule has 0 aliphatic rings. The van der Waals surface area contributed by atoms with Gasteiger partial charge in [0.05, 0.1) is 6.20 Å². The largest absolute Gasteiger partial charge is 0.468 e. The van der Waals surface area contributed by atoms with E-state index in [1.807, 2.05) is 42.5 Å². The third-order valence-corrected chi connectivity index (χ3v) is 4.16. The Hall–Kier alpha value is -3.39. The molecule has 3 aromatic rings. The molecule has 0 aliphatic carbocycles. The number of methoxy groups -OCH3 is 1. The first-order chi connectivity index (χ1) is 14.3. The maximum atomic E-state index is 12.8. The van der Waals surface area contributed by atoms with Crippen LogP contribution in [0.3, 0.4) is 0 Å². The van der Waals surface area contributed by atoms with Crippen molar-refractivity contribution in [3.05, 3.63) is 72.6 Å². The second-order valence-electron chi connectivity index (χ2n) is 6.26.